The van der Waals surface area contributed by atoms with Crippen LogP contribution in [0.3, 0.4) is 0 Å². The summed E-state index contributed by atoms with van der Waals surface area (Å²) in [6.07, 6.45) is 5.11. The molecule has 0 saturated carbocycles. The number of aromatic nitrogens is 2. The number of carbonyl (C=O) groups excluding carboxylic acids is 2. The summed E-state index contributed by atoms with van der Waals surface area (Å²) in [5.41, 5.74) is 11.2. The Morgan fingerprint density at radius 1 is 1.13 bits per heavy atom. The van der Waals surface area contributed by atoms with E-state index in [2.05, 4.69) is 15.3 Å². The van der Waals surface area contributed by atoms with Crippen molar-refractivity contribution in [2.24, 2.45) is 5.73 Å². The van der Waals surface area contributed by atoms with Gasteiger partial charge in [-0.15, -0.1) is 0 Å². The molecule has 0 bridgehead atoms. The molecule has 158 valence electrons. The number of morpholine rings is 1. The number of ether oxygens (including phenoxy) is 1. The number of carbonyl (C=O) groups is 2. The van der Waals surface area contributed by atoms with Crippen molar-refractivity contribution in [2.45, 2.75) is 13.8 Å². The molecule has 3 N–H and O–H groups in total. The van der Waals surface area contributed by atoms with E-state index < -0.39 is 5.91 Å². The average Bonchev–Trinajstić information content (AvgIpc) is 2.76. The van der Waals surface area contributed by atoms with Crippen LogP contribution in [0.2, 0.25) is 0 Å². The Bertz CT molecular complexity index is 1140. The van der Waals surface area contributed by atoms with E-state index in [1.165, 1.54) is 0 Å². The van der Waals surface area contributed by atoms with Crippen LogP contribution >= 0.6 is 0 Å². The van der Waals surface area contributed by atoms with E-state index in [0.717, 1.165) is 33.6 Å². The Labute approximate surface area is 180 Å². The lowest BCUT2D eigenvalue weighted by atomic mass is 9.94. The van der Waals surface area contributed by atoms with Crippen molar-refractivity contribution in [3.63, 3.8) is 0 Å². The van der Waals surface area contributed by atoms with Gasteiger partial charge >= 0.3 is 0 Å². The molecule has 0 radical (unpaired) electrons. The fourth-order valence-corrected chi connectivity index (χ4v) is 3.61. The van der Waals surface area contributed by atoms with E-state index in [1.54, 1.807) is 29.6 Å². The summed E-state index contributed by atoms with van der Waals surface area (Å²) in [5, 5.41) is 3.22. The van der Waals surface area contributed by atoms with Gasteiger partial charge in [0.1, 0.15) is 12.4 Å². The number of anilines is 3. The lowest BCUT2D eigenvalue weighted by Crippen LogP contribution is -2.41. The highest BCUT2D eigenvalue weighted by molar-refractivity contribution is 5.96. The third-order valence-electron chi connectivity index (χ3n) is 5.42. The first-order chi connectivity index (χ1) is 14.9. The number of pyridine rings is 2. The molecule has 1 aliphatic rings. The van der Waals surface area contributed by atoms with Gasteiger partial charge in [0.2, 0.25) is 5.91 Å². The fraction of sp³-hybridized carbons (Fsp3) is 0.217. The molecule has 3 heterocycles. The van der Waals surface area contributed by atoms with Crippen molar-refractivity contribution in [1.82, 2.24) is 9.97 Å². The van der Waals surface area contributed by atoms with E-state index in [0.29, 0.717) is 24.5 Å². The molecule has 1 aromatic carbocycles. The van der Waals surface area contributed by atoms with Crippen LogP contribution in [-0.2, 0) is 9.53 Å². The highest BCUT2D eigenvalue weighted by Gasteiger charge is 2.20. The minimum absolute atomic E-state index is 0.0827. The molecular weight excluding hydrogens is 394 g/mol. The number of benzene rings is 1. The smallest absolute Gasteiger partial charge is 0.253 e. The largest absolute Gasteiger partial charge is 0.370 e. The molecule has 1 fully saturated rings. The standard InChI is InChI=1S/C23H23N5O3/c1-14-15(2)20(23(24)30)5-4-19(14)16-3-6-21(26-10-16)27-17-9-18(12-25-11-17)28-7-8-31-13-22(28)29/h3-6,9-12H,7-8,13H2,1-2H3,(H2,24,30)(H,26,27). The van der Waals surface area contributed by atoms with E-state index in [-0.39, 0.29) is 12.5 Å². The Morgan fingerprint density at radius 3 is 2.68 bits per heavy atom. The second-order valence-corrected chi connectivity index (χ2v) is 7.36. The zero-order valence-corrected chi connectivity index (χ0v) is 17.4. The molecule has 1 aliphatic heterocycles. The number of nitrogens with one attached hydrogen (secondary N) is 1. The number of hydrogen-bond donors (Lipinski definition) is 2. The van der Waals surface area contributed by atoms with E-state index >= 15 is 0 Å². The average molecular weight is 417 g/mol. The number of amides is 2. The molecule has 2 aromatic heterocycles. The van der Waals surface area contributed by atoms with Crippen molar-refractivity contribution < 1.29 is 14.3 Å². The Kier molecular flexibility index (Phi) is 5.64. The van der Waals surface area contributed by atoms with Gasteiger partial charge in [0, 0.05) is 23.9 Å². The molecular formula is C23H23N5O3. The predicted molar refractivity (Wildman–Crippen MR) is 118 cm³/mol. The quantitative estimate of drug-likeness (QED) is 0.660. The minimum atomic E-state index is -0.431. The van der Waals surface area contributed by atoms with Crippen LogP contribution < -0.4 is 16.0 Å². The summed E-state index contributed by atoms with van der Waals surface area (Å²) in [6, 6.07) is 9.33. The van der Waals surface area contributed by atoms with Crippen LogP contribution in [-0.4, -0.2) is 41.5 Å². The number of hydrogen-bond acceptors (Lipinski definition) is 6. The van der Waals surface area contributed by atoms with Crippen LogP contribution in [0.15, 0.2) is 48.9 Å². The first-order valence-electron chi connectivity index (χ1n) is 9.90. The molecule has 0 aliphatic carbocycles. The maximum Gasteiger partial charge on any atom is 0.253 e. The van der Waals surface area contributed by atoms with Crippen LogP contribution in [0.1, 0.15) is 21.5 Å². The maximum absolute atomic E-state index is 12.1. The fourth-order valence-electron chi connectivity index (χ4n) is 3.61. The minimum Gasteiger partial charge on any atom is -0.370 e. The number of primary amides is 1. The highest BCUT2D eigenvalue weighted by atomic mass is 16.5. The summed E-state index contributed by atoms with van der Waals surface area (Å²) >= 11 is 0. The summed E-state index contributed by atoms with van der Waals surface area (Å²) in [6.45, 7) is 4.95. The van der Waals surface area contributed by atoms with E-state index in [4.69, 9.17) is 10.5 Å². The maximum atomic E-state index is 12.1. The van der Waals surface area contributed by atoms with Gasteiger partial charge in [-0.25, -0.2) is 4.98 Å². The molecule has 1 saturated heterocycles. The van der Waals surface area contributed by atoms with Crippen molar-refractivity contribution >= 4 is 29.0 Å². The zero-order chi connectivity index (χ0) is 22.0. The second kappa shape index (κ2) is 8.53. The molecule has 31 heavy (non-hydrogen) atoms. The van der Waals surface area contributed by atoms with Gasteiger partial charge in [0.05, 0.1) is 30.4 Å². The van der Waals surface area contributed by atoms with Crippen LogP contribution in [0.25, 0.3) is 11.1 Å². The molecule has 4 rings (SSSR count). The predicted octanol–water partition coefficient (Wildman–Crippen LogP) is 2.97. The SMILES string of the molecule is Cc1c(C(N)=O)ccc(-c2ccc(Nc3cncc(N4CCOCC4=O)c3)nc2)c1C. The highest BCUT2D eigenvalue weighted by Crippen LogP contribution is 2.28. The van der Waals surface area contributed by atoms with Crippen molar-refractivity contribution in [3.05, 3.63) is 65.6 Å². The molecule has 8 heteroatoms. The van der Waals surface area contributed by atoms with Gasteiger partial charge in [0.15, 0.2) is 0 Å². The van der Waals surface area contributed by atoms with E-state index in [9.17, 15) is 9.59 Å². The number of rotatable bonds is 5. The third-order valence-corrected chi connectivity index (χ3v) is 5.42. The summed E-state index contributed by atoms with van der Waals surface area (Å²) < 4.78 is 5.18. The molecule has 3 aromatic rings. The van der Waals surface area contributed by atoms with Crippen LogP contribution in [0, 0.1) is 13.8 Å². The number of nitrogens with two attached hydrogens (primary N) is 1. The van der Waals surface area contributed by atoms with Crippen molar-refractivity contribution in [2.75, 3.05) is 30.0 Å². The molecule has 2 amide bonds. The van der Waals surface area contributed by atoms with E-state index in [1.807, 2.05) is 38.1 Å². The lowest BCUT2D eigenvalue weighted by Gasteiger charge is -2.26. The number of nitrogens with zero attached hydrogens (tertiary/aromatic N) is 3. The van der Waals surface area contributed by atoms with Gasteiger partial charge in [-0.1, -0.05) is 6.07 Å². The molecule has 0 unspecified atom stereocenters. The molecule has 0 spiro atoms. The normalized spacial score (nSPS) is 13.9. The van der Waals surface area contributed by atoms with Gasteiger partial charge in [-0.3, -0.25) is 14.6 Å². The molecule has 0 atom stereocenters. The topological polar surface area (TPSA) is 110 Å². The Morgan fingerprint density at radius 2 is 1.97 bits per heavy atom. The van der Waals surface area contributed by atoms with Gasteiger partial charge in [-0.2, -0.15) is 0 Å². The summed E-state index contributed by atoms with van der Waals surface area (Å²) in [7, 11) is 0. The van der Waals surface area contributed by atoms with Crippen molar-refractivity contribution in [1.29, 1.82) is 0 Å². The first kappa shape index (κ1) is 20.5. The van der Waals surface area contributed by atoms with Gasteiger partial charge < -0.3 is 20.7 Å². The second-order valence-electron chi connectivity index (χ2n) is 7.36. The van der Waals surface area contributed by atoms with Gasteiger partial charge in [-0.05, 0) is 54.8 Å². The van der Waals surface area contributed by atoms with Crippen LogP contribution in [0.5, 0.6) is 0 Å². The summed E-state index contributed by atoms with van der Waals surface area (Å²) in [5.74, 6) is 0.138. The monoisotopic (exact) mass is 417 g/mol. The Hall–Kier alpha value is -3.78. The lowest BCUT2D eigenvalue weighted by molar-refractivity contribution is -0.125. The molecule has 8 nitrogen and oxygen atoms in total. The first-order valence-corrected chi connectivity index (χ1v) is 9.90. The zero-order valence-electron chi connectivity index (χ0n) is 17.4. The van der Waals surface area contributed by atoms with Gasteiger partial charge in [0.25, 0.3) is 5.91 Å². The van der Waals surface area contributed by atoms with Crippen molar-refractivity contribution in [3.8, 4) is 11.1 Å². The summed E-state index contributed by atoms with van der Waals surface area (Å²) in [4.78, 5) is 34.0. The van der Waals surface area contributed by atoms with Crippen LogP contribution in [0.4, 0.5) is 17.2 Å². The third kappa shape index (κ3) is 4.24. The Balaban J connectivity index is 1.53.